The summed E-state index contributed by atoms with van der Waals surface area (Å²) in [5.74, 6) is 0.407. The standard InChI is InChI=1S/C5H12O.C4H10OSi.H2O/c1-4(2)5(3)6;1-2-4-6-5-3-1;/h4-6H,1-3H3;1-4,6H2;1H2. The fourth-order valence-electron chi connectivity index (χ4n) is 0.687. The van der Waals surface area contributed by atoms with E-state index in [9.17, 15) is 0 Å². The van der Waals surface area contributed by atoms with Crippen LogP contribution in [0.2, 0.25) is 6.04 Å². The van der Waals surface area contributed by atoms with Crippen molar-refractivity contribution in [2.75, 3.05) is 6.61 Å². The SMILES string of the molecule is C1CC[SiH2]OC1.CC(C)C(C)O.O. The van der Waals surface area contributed by atoms with Crippen LogP contribution in [0.15, 0.2) is 0 Å². The Kier molecular flexibility index (Phi) is 12.2. The summed E-state index contributed by atoms with van der Waals surface area (Å²) in [6.07, 6.45) is 2.60. The van der Waals surface area contributed by atoms with Gasteiger partial charge in [-0.15, -0.1) is 0 Å². The molecule has 1 heterocycles. The van der Waals surface area contributed by atoms with Crippen LogP contribution in [-0.2, 0) is 4.43 Å². The van der Waals surface area contributed by atoms with E-state index in [4.69, 9.17) is 9.53 Å². The summed E-state index contributed by atoms with van der Waals surface area (Å²) in [4.78, 5) is 0. The molecular weight excluding hydrogens is 184 g/mol. The predicted octanol–water partition coefficient (Wildman–Crippen LogP) is 0.497. The van der Waals surface area contributed by atoms with Crippen LogP contribution in [-0.4, -0.2) is 33.1 Å². The van der Waals surface area contributed by atoms with Gasteiger partial charge in [0.1, 0.15) is 0 Å². The average Bonchev–Trinajstić information content (AvgIpc) is 2.08. The number of hydrogen-bond acceptors (Lipinski definition) is 2. The van der Waals surface area contributed by atoms with E-state index in [2.05, 4.69) is 0 Å². The Bertz CT molecular complexity index is 75.4. The Morgan fingerprint density at radius 2 is 1.77 bits per heavy atom. The number of aliphatic hydroxyl groups excluding tert-OH is 1. The molecule has 82 valence electrons. The molecule has 0 bridgehead atoms. The van der Waals surface area contributed by atoms with Gasteiger partial charge in [0.15, 0.2) is 9.76 Å². The first kappa shape index (κ1) is 15.6. The second kappa shape index (κ2) is 10.2. The highest BCUT2D eigenvalue weighted by atomic mass is 28.2. The quantitative estimate of drug-likeness (QED) is 0.638. The van der Waals surface area contributed by atoms with Gasteiger partial charge in [0.2, 0.25) is 0 Å². The van der Waals surface area contributed by atoms with Crippen molar-refractivity contribution in [3.63, 3.8) is 0 Å². The van der Waals surface area contributed by atoms with Crippen molar-refractivity contribution in [1.82, 2.24) is 0 Å². The summed E-state index contributed by atoms with van der Waals surface area (Å²) >= 11 is 0. The molecule has 13 heavy (non-hydrogen) atoms. The minimum Gasteiger partial charge on any atom is -0.424 e. The minimum atomic E-state index is -0.148. The van der Waals surface area contributed by atoms with Gasteiger partial charge in [-0.05, 0) is 25.3 Å². The van der Waals surface area contributed by atoms with E-state index in [0.717, 1.165) is 6.61 Å². The molecule has 0 radical (unpaired) electrons. The minimum absolute atomic E-state index is 0. The predicted molar refractivity (Wildman–Crippen MR) is 58.7 cm³/mol. The van der Waals surface area contributed by atoms with Gasteiger partial charge >= 0.3 is 0 Å². The molecule has 3 nitrogen and oxygen atoms in total. The first-order chi connectivity index (χ1) is 5.64. The van der Waals surface area contributed by atoms with Crippen LogP contribution in [0.5, 0.6) is 0 Å². The highest BCUT2D eigenvalue weighted by Gasteiger charge is 1.97. The lowest BCUT2D eigenvalue weighted by atomic mass is 10.1. The smallest absolute Gasteiger partial charge is 0.161 e. The van der Waals surface area contributed by atoms with Crippen molar-refractivity contribution in [3.8, 4) is 0 Å². The van der Waals surface area contributed by atoms with Crippen molar-refractivity contribution < 1.29 is 15.0 Å². The van der Waals surface area contributed by atoms with E-state index < -0.39 is 0 Å². The van der Waals surface area contributed by atoms with Gasteiger partial charge in [-0.25, -0.2) is 0 Å². The van der Waals surface area contributed by atoms with Crippen LogP contribution in [0.4, 0.5) is 0 Å². The molecule has 0 spiro atoms. The molecule has 1 rings (SSSR count). The maximum atomic E-state index is 8.63. The molecule has 3 N–H and O–H groups in total. The van der Waals surface area contributed by atoms with Crippen LogP contribution in [0.25, 0.3) is 0 Å². The van der Waals surface area contributed by atoms with Crippen molar-refractivity contribution in [2.24, 2.45) is 5.92 Å². The van der Waals surface area contributed by atoms with E-state index in [-0.39, 0.29) is 21.3 Å². The Labute approximate surface area is 83.7 Å². The van der Waals surface area contributed by atoms with Crippen LogP contribution in [0.3, 0.4) is 0 Å². The van der Waals surface area contributed by atoms with Crippen LogP contribution >= 0.6 is 0 Å². The van der Waals surface area contributed by atoms with Crippen LogP contribution in [0.1, 0.15) is 33.6 Å². The summed E-state index contributed by atoms with van der Waals surface area (Å²) in [5, 5.41) is 8.63. The molecule has 1 aliphatic rings. The largest absolute Gasteiger partial charge is 0.424 e. The summed E-state index contributed by atoms with van der Waals surface area (Å²) < 4.78 is 5.21. The summed E-state index contributed by atoms with van der Waals surface area (Å²) in [7, 11) is 0.00849. The molecule has 1 fully saturated rings. The third kappa shape index (κ3) is 12.1. The molecule has 0 aromatic rings. The lowest BCUT2D eigenvalue weighted by Gasteiger charge is -2.07. The zero-order valence-corrected chi connectivity index (χ0v) is 10.5. The third-order valence-electron chi connectivity index (χ3n) is 2.04. The Morgan fingerprint density at radius 3 is 1.85 bits per heavy atom. The Hall–Kier alpha value is 0.0969. The van der Waals surface area contributed by atoms with E-state index in [0.29, 0.717) is 5.92 Å². The maximum absolute atomic E-state index is 8.63. The van der Waals surface area contributed by atoms with Gasteiger partial charge in [-0.2, -0.15) is 0 Å². The zero-order chi connectivity index (χ0) is 9.40. The Balaban J connectivity index is 0. The van der Waals surface area contributed by atoms with Crippen molar-refractivity contribution in [2.45, 2.75) is 45.8 Å². The van der Waals surface area contributed by atoms with Crippen molar-refractivity contribution >= 4 is 9.76 Å². The second-order valence-corrected chi connectivity index (χ2v) is 5.18. The highest BCUT2D eigenvalue weighted by Crippen LogP contribution is 2.01. The summed E-state index contributed by atoms with van der Waals surface area (Å²) in [6.45, 7) is 6.84. The van der Waals surface area contributed by atoms with E-state index in [1.165, 1.54) is 18.9 Å². The third-order valence-corrected chi connectivity index (χ3v) is 3.41. The molecule has 1 unspecified atom stereocenters. The maximum Gasteiger partial charge on any atom is 0.161 e. The Morgan fingerprint density at radius 1 is 1.23 bits per heavy atom. The molecule has 1 aliphatic heterocycles. The number of aliphatic hydroxyl groups is 1. The average molecular weight is 208 g/mol. The van der Waals surface area contributed by atoms with E-state index >= 15 is 0 Å². The molecule has 4 heteroatoms. The normalized spacial score (nSPS) is 20.1. The fraction of sp³-hybridized carbons (Fsp3) is 1.00. The molecular formula is C9H24O3Si. The molecule has 0 amide bonds. The molecule has 1 atom stereocenters. The van der Waals surface area contributed by atoms with Crippen LogP contribution in [0, 0.1) is 5.92 Å². The summed E-state index contributed by atoms with van der Waals surface area (Å²) in [5.41, 5.74) is 0. The van der Waals surface area contributed by atoms with E-state index in [1.807, 2.05) is 13.8 Å². The first-order valence-corrected chi connectivity index (χ1v) is 6.48. The molecule has 1 saturated heterocycles. The fourth-order valence-corrected chi connectivity index (χ4v) is 1.86. The molecule has 0 aliphatic carbocycles. The number of hydrogen-bond donors (Lipinski definition) is 1. The number of rotatable bonds is 1. The van der Waals surface area contributed by atoms with Gasteiger partial charge in [0, 0.05) is 6.61 Å². The first-order valence-electron chi connectivity index (χ1n) is 4.90. The molecule has 0 aromatic heterocycles. The van der Waals surface area contributed by atoms with Crippen molar-refractivity contribution in [1.29, 1.82) is 0 Å². The zero-order valence-electron chi connectivity index (χ0n) is 9.05. The lowest BCUT2D eigenvalue weighted by Crippen LogP contribution is -2.07. The van der Waals surface area contributed by atoms with Crippen LogP contribution < -0.4 is 0 Å². The molecule has 0 aromatic carbocycles. The topological polar surface area (TPSA) is 61.0 Å². The van der Waals surface area contributed by atoms with E-state index in [1.54, 1.807) is 6.92 Å². The lowest BCUT2D eigenvalue weighted by molar-refractivity contribution is 0.144. The van der Waals surface area contributed by atoms with Gasteiger partial charge in [0.25, 0.3) is 0 Å². The van der Waals surface area contributed by atoms with Gasteiger partial charge in [0.05, 0.1) is 6.10 Å². The molecule has 0 saturated carbocycles. The van der Waals surface area contributed by atoms with Crippen molar-refractivity contribution in [3.05, 3.63) is 0 Å². The summed E-state index contributed by atoms with van der Waals surface area (Å²) in [6, 6.07) is 1.42. The highest BCUT2D eigenvalue weighted by molar-refractivity contribution is 6.27. The van der Waals surface area contributed by atoms with Gasteiger partial charge < -0.3 is 15.0 Å². The second-order valence-electron chi connectivity index (χ2n) is 3.66. The van der Waals surface area contributed by atoms with Gasteiger partial charge in [-0.3, -0.25) is 0 Å². The van der Waals surface area contributed by atoms with Gasteiger partial charge in [-0.1, -0.05) is 20.3 Å². The monoisotopic (exact) mass is 208 g/mol.